The molecule has 2 aromatic rings. The number of halogens is 1. The van der Waals surface area contributed by atoms with Crippen LogP contribution in [0.1, 0.15) is 21.5 Å². The molecule has 4 heteroatoms. The first-order chi connectivity index (χ1) is 9.51. The second-order valence-corrected chi connectivity index (χ2v) is 4.60. The van der Waals surface area contributed by atoms with Gasteiger partial charge in [0.2, 0.25) is 0 Å². The average Bonchev–Trinajstić information content (AvgIpc) is 2.43. The summed E-state index contributed by atoms with van der Waals surface area (Å²) in [6, 6.07) is 9.46. The summed E-state index contributed by atoms with van der Waals surface area (Å²) in [5.74, 6) is -0.534. The molecule has 20 heavy (non-hydrogen) atoms. The minimum atomic E-state index is -0.476. The fourth-order valence-corrected chi connectivity index (χ4v) is 1.88. The zero-order valence-corrected chi connectivity index (χ0v) is 11.7. The van der Waals surface area contributed by atoms with Crippen molar-refractivity contribution in [3.05, 3.63) is 58.9 Å². The van der Waals surface area contributed by atoms with Crippen molar-refractivity contribution in [3.63, 3.8) is 0 Å². The van der Waals surface area contributed by atoms with Crippen LogP contribution >= 0.6 is 0 Å². The Hall–Kier alpha value is -2.36. The molecule has 0 aromatic heterocycles. The van der Waals surface area contributed by atoms with E-state index >= 15 is 0 Å². The number of methoxy groups -OCH3 is 1. The van der Waals surface area contributed by atoms with E-state index in [1.807, 2.05) is 32.0 Å². The molecule has 104 valence electrons. The van der Waals surface area contributed by atoms with Crippen LogP contribution in [0.25, 0.3) is 0 Å². The molecule has 0 heterocycles. The minimum absolute atomic E-state index is 0.172. The number of carbonyl (C=O) groups is 1. The van der Waals surface area contributed by atoms with Crippen molar-refractivity contribution in [1.82, 2.24) is 0 Å². The molecule has 0 spiro atoms. The van der Waals surface area contributed by atoms with Gasteiger partial charge in [-0.15, -0.1) is 0 Å². The summed E-state index contributed by atoms with van der Waals surface area (Å²) in [4.78, 5) is 12.2. The van der Waals surface area contributed by atoms with Gasteiger partial charge in [0.1, 0.15) is 11.6 Å². The van der Waals surface area contributed by atoms with Gasteiger partial charge in [-0.3, -0.25) is 4.79 Å². The maximum Gasteiger partial charge on any atom is 0.259 e. The van der Waals surface area contributed by atoms with Crippen molar-refractivity contribution >= 4 is 11.6 Å². The smallest absolute Gasteiger partial charge is 0.259 e. The molecule has 1 amide bonds. The number of hydrogen-bond donors (Lipinski definition) is 1. The van der Waals surface area contributed by atoms with E-state index < -0.39 is 11.7 Å². The topological polar surface area (TPSA) is 38.3 Å². The Bertz CT molecular complexity index is 653. The number of rotatable bonds is 3. The SMILES string of the molecule is COc1ccc(F)cc1C(=O)Nc1ccc(C)c(C)c1. The molecule has 0 aliphatic carbocycles. The second-order valence-electron chi connectivity index (χ2n) is 4.60. The predicted octanol–water partition coefficient (Wildman–Crippen LogP) is 3.70. The molecule has 1 N–H and O–H groups in total. The first kappa shape index (κ1) is 14.1. The molecule has 0 saturated heterocycles. The van der Waals surface area contributed by atoms with Gasteiger partial charge in [0.05, 0.1) is 12.7 Å². The number of nitrogens with one attached hydrogen (secondary N) is 1. The van der Waals surface area contributed by atoms with E-state index in [0.717, 1.165) is 17.2 Å². The van der Waals surface area contributed by atoms with Crippen molar-refractivity contribution in [2.45, 2.75) is 13.8 Å². The highest BCUT2D eigenvalue weighted by Gasteiger charge is 2.13. The van der Waals surface area contributed by atoms with Gasteiger partial charge in [0, 0.05) is 5.69 Å². The Morgan fingerprint density at radius 1 is 1.10 bits per heavy atom. The van der Waals surface area contributed by atoms with E-state index in [-0.39, 0.29) is 5.56 Å². The van der Waals surface area contributed by atoms with Gasteiger partial charge in [0.15, 0.2) is 0 Å². The monoisotopic (exact) mass is 273 g/mol. The minimum Gasteiger partial charge on any atom is -0.496 e. The van der Waals surface area contributed by atoms with Crippen molar-refractivity contribution in [3.8, 4) is 5.75 Å². The van der Waals surface area contributed by atoms with E-state index in [2.05, 4.69) is 5.32 Å². The average molecular weight is 273 g/mol. The first-order valence-electron chi connectivity index (χ1n) is 6.23. The van der Waals surface area contributed by atoms with Gasteiger partial charge in [-0.25, -0.2) is 4.39 Å². The third kappa shape index (κ3) is 2.96. The molecule has 0 aliphatic heterocycles. The van der Waals surface area contributed by atoms with Crippen LogP contribution in [0.15, 0.2) is 36.4 Å². The maximum absolute atomic E-state index is 13.3. The summed E-state index contributed by atoms with van der Waals surface area (Å²) in [5.41, 5.74) is 3.07. The highest BCUT2D eigenvalue weighted by atomic mass is 19.1. The lowest BCUT2D eigenvalue weighted by atomic mass is 10.1. The molecular weight excluding hydrogens is 257 g/mol. The van der Waals surface area contributed by atoms with Crippen LogP contribution in [0.2, 0.25) is 0 Å². The summed E-state index contributed by atoms with van der Waals surface area (Å²) in [7, 11) is 1.44. The number of hydrogen-bond acceptors (Lipinski definition) is 2. The highest BCUT2D eigenvalue weighted by Crippen LogP contribution is 2.21. The number of amides is 1. The molecule has 0 saturated carbocycles. The summed E-state index contributed by atoms with van der Waals surface area (Å²) in [6.07, 6.45) is 0. The van der Waals surface area contributed by atoms with E-state index in [1.165, 1.54) is 19.2 Å². The fourth-order valence-electron chi connectivity index (χ4n) is 1.88. The third-order valence-electron chi connectivity index (χ3n) is 3.17. The molecule has 0 radical (unpaired) electrons. The predicted molar refractivity (Wildman–Crippen MR) is 76.8 cm³/mol. The number of benzene rings is 2. The molecule has 0 fully saturated rings. The third-order valence-corrected chi connectivity index (χ3v) is 3.17. The lowest BCUT2D eigenvalue weighted by Crippen LogP contribution is -2.13. The Morgan fingerprint density at radius 2 is 1.85 bits per heavy atom. The molecule has 0 aliphatic rings. The Balaban J connectivity index is 2.27. The fraction of sp³-hybridized carbons (Fsp3) is 0.188. The lowest BCUT2D eigenvalue weighted by molar-refractivity contribution is 0.102. The van der Waals surface area contributed by atoms with Gasteiger partial charge < -0.3 is 10.1 Å². The zero-order valence-electron chi connectivity index (χ0n) is 11.7. The van der Waals surface area contributed by atoms with Gasteiger partial charge >= 0.3 is 0 Å². The van der Waals surface area contributed by atoms with Crippen LogP contribution in [0, 0.1) is 19.7 Å². The number of anilines is 1. The quantitative estimate of drug-likeness (QED) is 0.926. The molecule has 2 rings (SSSR count). The number of ether oxygens (including phenoxy) is 1. The van der Waals surface area contributed by atoms with E-state index in [4.69, 9.17) is 4.74 Å². The zero-order chi connectivity index (χ0) is 14.7. The van der Waals surface area contributed by atoms with Crippen LogP contribution in [0.4, 0.5) is 10.1 Å². The lowest BCUT2D eigenvalue weighted by Gasteiger charge is -2.10. The summed E-state index contributed by atoms with van der Waals surface area (Å²) >= 11 is 0. The molecule has 0 bridgehead atoms. The van der Waals surface area contributed by atoms with E-state index in [1.54, 1.807) is 0 Å². The Kier molecular flexibility index (Phi) is 4.03. The van der Waals surface area contributed by atoms with Crippen molar-refractivity contribution < 1.29 is 13.9 Å². The van der Waals surface area contributed by atoms with E-state index in [0.29, 0.717) is 11.4 Å². The molecule has 0 unspecified atom stereocenters. The van der Waals surface area contributed by atoms with E-state index in [9.17, 15) is 9.18 Å². The first-order valence-corrected chi connectivity index (χ1v) is 6.23. The Labute approximate surface area is 117 Å². The molecule has 0 atom stereocenters. The normalized spacial score (nSPS) is 10.2. The molecule has 3 nitrogen and oxygen atoms in total. The van der Waals surface area contributed by atoms with Crippen LogP contribution in [0.5, 0.6) is 5.75 Å². The Morgan fingerprint density at radius 3 is 2.50 bits per heavy atom. The van der Waals surface area contributed by atoms with Crippen LogP contribution in [-0.4, -0.2) is 13.0 Å². The maximum atomic E-state index is 13.3. The van der Waals surface area contributed by atoms with Crippen LogP contribution in [0.3, 0.4) is 0 Å². The van der Waals surface area contributed by atoms with Crippen LogP contribution < -0.4 is 10.1 Å². The van der Waals surface area contributed by atoms with Gasteiger partial charge in [-0.2, -0.15) is 0 Å². The summed E-state index contributed by atoms with van der Waals surface area (Å²) in [5, 5.41) is 2.74. The van der Waals surface area contributed by atoms with Gasteiger partial charge in [-0.05, 0) is 55.3 Å². The molecule has 2 aromatic carbocycles. The molecular formula is C16H16FNO2. The van der Waals surface area contributed by atoms with Gasteiger partial charge in [-0.1, -0.05) is 6.07 Å². The standard InChI is InChI=1S/C16H16FNO2/c1-10-4-6-13(8-11(10)2)18-16(19)14-9-12(17)5-7-15(14)20-3/h4-9H,1-3H3,(H,18,19). The largest absolute Gasteiger partial charge is 0.496 e. The highest BCUT2D eigenvalue weighted by molar-refractivity contribution is 6.06. The van der Waals surface area contributed by atoms with Crippen LogP contribution in [-0.2, 0) is 0 Å². The van der Waals surface area contributed by atoms with Crippen molar-refractivity contribution in [2.75, 3.05) is 12.4 Å². The summed E-state index contributed by atoms with van der Waals surface area (Å²) in [6.45, 7) is 3.96. The summed E-state index contributed by atoms with van der Waals surface area (Å²) < 4.78 is 18.3. The van der Waals surface area contributed by atoms with Crippen molar-refractivity contribution in [2.24, 2.45) is 0 Å². The van der Waals surface area contributed by atoms with Crippen molar-refractivity contribution in [1.29, 1.82) is 0 Å². The van der Waals surface area contributed by atoms with Gasteiger partial charge in [0.25, 0.3) is 5.91 Å². The second kappa shape index (κ2) is 5.74. The number of aryl methyl sites for hydroxylation is 2. The number of carbonyl (C=O) groups excluding carboxylic acids is 1.